The van der Waals surface area contributed by atoms with Crippen molar-refractivity contribution in [2.45, 2.75) is 36.6 Å². The van der Waals surface area contributed by atoms with Crippen LogP contribution in [0.5, 0.6) is 5.75 Å². The van der Waals surface area contributed by atoms with Crippen molar-refractivity contribution in [2.75, 3.05) is 13.7 Å². The molecule has 1 aromatic carbocycles. The number of ether oxygens (including phenoxy) is 1. The van der Waals surface area contributed by atoms with Crippen LogP contribution in [0.15, 0.2) is 23.1 Å². The van der Waals surface area contributed by atoms with Gasteiger partial charge in [-0.1, -0.05) is 24.4 Å². The van der Waals surface area contributed by atoms with E-state index in [-0.39, 0.29) is 23.2 Å². The van der Waals surface area contributed by atoms with Gasteiger partial charge in [0, 0.05) is 17.6 Å². The molecule has 0 saturated heterocycles. The Balaban J connectivity index is 2.26. The summed E-state index contributed by atoms with van der Waals surface area (Å²) >= 11 is 5.90. The first-order chi connectivity index (χ1) is 9.97. The van der Waals surface area contributed by atoms with Crippen molar-refractivity contribution in [3.8, 4) is 5.75 Å². The first kappa shape index (κ1) is 16.5. The molecule has 2 rings (SSSR count). The normalized spacial score (nSPS) is 17.9. The van der Waals surface area contributed by atoms with Crippen LogP contribution in [0.1, 0.15) is 25.7 Å². The molecule has 1 saturated carbocycles. The number of rotatable bonds is 6. The maximum absolute atomic E-state index is 12.6. The van der Waals surface area contributed by atoms with E-state index in [0.717, 1.165) is 25.7 Å². The molecule has 1 atom stereocenters. The molecule has 0 amide bonds. The zero-order chi connectivity index (χ0) is 15.5. The van der Waals surface area contributed by atoms with Gasteiger partial charge >= 0.3 is 0 Å². The highest BCUT2D eigenvalue weighted by molar-refractivity contribution is 7.89. The van der Waals surface area contributed by atoms with E-state index in [1.165, 1.54) is 13.2 Å². The van der Waals surface area contributed by atoms with Crippen LogP contribution in [0.4, 0.5) is 0 Å². The Labute approximate surface area is 130 Å². The standard InChI is InChI=1S/C14H21ClN2O3S/c1-20-13-7-6-11(15)8-14(13)21(18,19)17-12(9-16)10-4-2-3-5-10/h6-8,10,12,17H,2-5,9,16H2,1H3. The predicted molar refractivity (Wildman–Crippen MR) is 83.1 cm³/mol. The molecule has 1 fully saturated rings. The first-order valence-corrected chi connectivity index (χ1v) is 8.90. The Morgan fingerprint density at radius 1 is 1.43 bits per heavy atom. The van der Waals surface area contributed by atoms with E-state index in [4.69, 9.17) is 22.1 Å². The number of hydrogen-bond donors (Lipinski definition) is 2. The van der Waals surface area contributed by atoms with E-state index in [0.29, 0.717) is 10.9 Å². The topological polar surface area (TPSA) is 81.4 Å². The highest BCUT2D eigenvalue weighted by atomic mass is 35.5. The van der Waals surface area contributed by atoms with Gasteiger partial charge in [-0.25, -0.2) is 13.1 Å². The molecule has 0 bridgehead atoms. The van der Waals surface area contributed by atoms with Crippen molar-refractivity contribution in [1.29, 1.82) is 0 Å². The molecule has 1 aliphatic rings. The summed E-state index contributed by atoms with van der Waals surface area (Å²) in [7, 11) is -2.28. The smallest absolute Gasteiger partial charge is 0.244 e. The zero-order valence-corrected chi connectivity index (χ0v) is 13.6. The molecule has 0 heterocycles. The molecule has 1 aliphatic carbocycles. The third-order valence-electron chi connectivity index (χ3n) is 3.94. The van der Waals surface area contributed by atoms with Gasteiger partial charge in [0.15, 0.2) is 0 Å². The summed E-state index contributed by atoms with van der Waals surface area (Å²) in [5.41, 5.74) is 5.75. The zero-order valence-electron chi connectivity index (χ0n) is 12.0. The molecule has 3 N–H and O–H groups in total. The highest BCUT2D eigenvalue weighted by Crippen LogP contribution is 2.30. The average Bonchev–Trinajstić information content (AvgIpc) is 2.99. The van der Waals surface area contributed by atoms with Crippen molar-refractivity contribution < 1.29 is 13.2 Å². The van der Waals surface area contributed by atoms with Gasteiger partial charge in [0.05, 0.1) is 7.11 Å². The predicted octanol–water partition coefficient (Wildman–Crippen LogP) is 2.14. The lowest BCUT2D eigenvalue weighted by Gasteiger charge is -2.23. The van der Waals surface area contributed by atoms with Crippen LogP contribution in [0.3, 0.4) is 0 Å². The van der Waals surface area contributed by atoms with Crippen molar-refractivity contribution in [2.24, 2.45) is 11.7 Å². The summed E-state index contributed by atoms with van der Waals surface area (Å²) in [6.07, 6.45) is 4.28. The summed E-state index contributed by atoms with van der Waals surface area (Å²) in [5, 5.41) is 0.348. The lowest BCUT2D eigenvalue weighted by Crippen LogP contribution is -2.44. The van der Waals surface area contributed by atoms with Crippen LogP contribution >= 0.6 is 11.6 Å². The van der Waals surface area contributed by atoms with Gasteiger partial charge in [0.25, 0.3) is 0 Å². The Morgan fingerprint density at radius 2 is 2.10 bits per heavy atom. The number of benzene rings is 1. The number of methoxy groups -OCH3 is 1. The first-order valence-electron chi connectivity index (χ1n) is 7.04. The summed E-state index contributed by atoms with van der Waals surface area (Å²) in [6, 6.07) is 4.28. The number of nitrogens with two attached hydrogens (primary N) is 1. The van der Waals surface area contributed by atoms with E-state index < -0.39 is 10.0 Å². The summed E-state index contributed by atoms with van der Waals surface area (Å²) in [5.74, 6) is 0.573. The van der Waals surface area contributed by atoms with Crippen LogP contribution in [0, 0.1) is 5.92 Å². The molecular formula is C14H21ClN2O3S. The molecule has 0 aromatic heterocycles. The Hall–Kier alpha value is -0.820. The summed E-state index contributed by atoms with van der Waals surface area (Å²) < 4.78 is 33.0. The third-order valence-corrected chi connectivity index (χ3v) is 5.69. The minimum absolute atomic E-state index is 0.0500. The molecule has 0 aliphatic heterocycles. The SMILES string of the molecule is COc1ccc(Cl)cc1S(=O)(=O)NC(CN)C1CCCC1. The quantitative estimate of drug-likeness (QED) is 0.836. The molecule has 1 aromatic rings. The monoisotopic (exact) mass is 332 g/mol. The highest BCUT2D eigenvalue weighted by Gasteiger charge is 2.29. The van der Waals surface area contributed by atoms with E-state index >= 15 is 0 Å². The van der Waals surface area contributed by atoms with Crippen LogP contribution in [0.2, 0.25) is 5.02 Å². The molecule has 0 spiro atoms. The van der Waals surface area contributed by atoms with Crippen molar-refractivity contribution in [1.82, 2.24) is 4.72 Å². The second kappa shape index (κ2) is 6.96. The van der Waals surface area contributed by atoms with Crippen molar-refractivity contribution in [3.05, 3.63) is 23.2 Å². The number of hydrogen-bond acceptors (Lipinski definition) is 4. The lowest BCUT2D eigenvalue weighted by atomic mass is 9.99. The molecule has 5 nitrogen and oxygen atoms in total. The van der Waals surface area contributed by atoms with E-state index in [9.17, 15) is 8.42 Å². The van der Waals surface area contributed by atoms with Gasteiger partial charge in [0.2, 0.25) is 10.0 Å². The molecular weight excluding hydrogens is 312 g/mol. The summed E-state index contributed by atoms with van der Waals surface area (Å²) in [4.78, 5) is 0.0500. The maximum atomic E-state index is 12.6. The van der Waals surface area contributed by atoms with Crippen LogP contribution in [0.25, 0.3) is 0 Å². The number of halogens is 1. The fourth-order valence-corrected chi connectivity index (χ4v) is 4.57. The van der Waals surface area contributed by atoms with Gasteiger partial charge in [-0.05, 0) is 37.0 Å². The summed E-state index contributed by atoms with van der Waals surface area (Å²) in [6.45, 7) is 0.285. The lowest BCUT2D eigenvalue weighted by molar-refractivity contribution is 0.394. The Bertz CT molecular complexity index is 586. The second-order valence-corrected chi connectivity index (χ2v) is 7.42. The molecule has 0 radical (unpaired) electrons. The second-order valence-electron chi connectivity index (χ2n) is 5.30. The van der Waals surface area contributed by atoms with Gasteiger partial charge in [-0.15, -0.1) is 0 Å². The average molecular weight is 333 g/mol. The van der Waals surface area contributed by atoms with Crippen molar-refractivity contribution in [3.63, 3.8) is 0 Å². The number of sulfonamides is 1. The van der Waals surface area contributed by atoms with Crippen molar-refractivity contribution >= 4 is 21.6 Å². The van der Waals surface area contributed by atoms with Gasteiger partial charge < -0.3 is 10.5 Å². The molecule has 1 unspecified atom stereocenters. The largest absolute Gasteiger partial charge is 0.495 e. The van der Waals surface area contributed by atoms with E-state index in [1.807, 2.05) is 0 Å². The minimum Gasteiger partial charge on any atom is -0.495 e. The van der Waals surface area contributed by atoms with E-state index in [2.05, 4.69) is 4.72 Å². The van der Waals surface area contributed by atoms with Gasteiger partial charge in [-0.3, -0.25) is 0 Å². The van der Waals surface area contributed by atoms with Crippen LogP contribution < -0.4 is 15.2 Å². The number of nitrogens with one attached hydrogen (secondary N) is 1. The fraction of sp³-hybridized carbons (Fsp3) is 0.571. The van der Waals surface area contributed by atoms with Gasteiger partial charge in [0.1, 0.15) is 10.6 Å². The van der Waals surface area contributed by atoms with Gasteiger partial charge in [-0.2, -0.15) is 0 Å². The van der Waals surface area contributed by atoms with E-state index in [1.54, 1.807) is 12.1 Å². The van der Waals surface area contributed by atoms with Crippen LogP contribution in [-0.4, -0.2) is 28.1 Å². The fourth-order valence-electron chi connectivity index (χ4n) is 2.82. The molecule has 118 valence electrons. The third kappa shape index (κ3) is 3.88. The molecule has 7 heteroatoms. The Morgan fingerprint density at radius 3 is 2.67 bits per heavy atom. The van der Waals surface area contributed by atoms with Crippen LogP contribution in [-0.2, 0) is 10.0 Å². The Kier molecular flexibility index (Phi) is 5.48. The maximum Gasteiger partial charge on any atom is 0.244 e. The molecule has 21 heavy (non-hydrogen) atoms. The minimum atomic E-state index is -3.71.